The molecule has 0 unspecified atom stereocenters. The number of carbonyl (C=O) groups is 2. The van der Waals surface area contributed by atoms with Gasteiger partial charge >= 0.3 is 0 Å². The normalized spacial score (nSPS) is 14.1. The Morgan fingerprint density at radius 3 is 2.08 bits per heavy atom. The van der Waals surface area contributed by atoms with Gasteiger partial charge in [0.2, 0.25) is 11.8 Å². The first-order valence-corrected chi connectivity index (χ1v) is 8.64. The molecule has 134 valence electrons. The summed E-state index contributed by atoms with van der Waals surface area (Å²) in [5.41, 5.74) is 0.523. The van der Waals surface area contributed by atoms with Crippen molar-refractivity contribution < 1.29 is 9.59 Å². The molecule has 1 aromatic carbocycles. The summed E-state index contributed by atoms with van der Waals surface area (Å²) in [5, 5.41) is 5.82. The summed E-state index contributed by atoms with van der Waals surface area (Å²) in [6, 6.07) is 8.95. The third kappa shape index (κ3) is 5.34. The molecule has 1 aromatic rings. The Kier molecular flexibility index (Phi) is 7.42. The van der Waals surface area contributed by atoms with Crippen LogP contribution in [0.15, 0.2) is 30.3 Å². The standard InChI is InChI=1S/C19H31N3O2/c1-7-22(8-2)15(4)18(24)20-14(3)17(23)21-19(5,6)16-12-10-9-11-13-16/h9-15H,7-8H2,1-6H3,(H,20,24)(H,21,23)/t14-,15-/m0/s1. The van der Waals surface area contributed by atoms with E-state index in [1.165, 1.54) is 0 Å². The lowest BCUT2D eigenvalue weighted by Gasteiger charge is -2.30. The van der Waals surface area contributed by atoms with Crippen molar-refractivity contribution in [2.75, 3.05) is 13.1 Å². The predicted molar refractivity (Wildman–Crippen MR) is 97.6 cm³/mol. The molecular weight excluding hydrogens is 302 g/mol. The molecule has 1 rings (SSSR count). The Labute approximate surface area is 145 Å². The van der Waals surface area contributed by atoms with Crippen LogP contribution in [0, 0.1) is 0 Å². The first kappa shape index (κ1) is 20.2. The number of benzene rings is 1. The van der Waals surface area contributed by atoms with Crippen LogP contribution in [0.5, 0.6) is 0 Å². The maximum absolute atomic E-state index is 12.5. The molecule has 0 spiro atoms. The van der Waals surface area contributed by atoms with Gasteiger partial charge in [0.05, 0.1) is 11.6 Å². The van der Waals surface area contributed by atoms with Crippen molar-refractivity contribution in [2.45, 2.75) is 59.2 Å². The summed E-state index contributed by atoms with van der Waals surface area (Å²) in [5.74, 6) is -0.317. The van der Waals surface area contributed by atoms with Crippen LogP contribution in [-0.4, -0.2) is 41.9 Å². The van der Waals surface area contributed by atoms with E-state index in [-0.39, 0.29) is 17.9 Å². The second kappa shape index (κ2) is 8.83. The number of likely N-dealkylation sites (N-methyl/N-ethyl adjacent to an activating group) is 1. The molecule has 2 N–H and O–H groups in total. The van der Waals surface area contributed by atoms with Gasteiger partial charge in [0.15, 0.2) is 0 Å². The average molecular weight is 333 g/mol. The molecule has 0 radical (unpaired) electrons. The first-order valence-electron chi connectivity index (χ1n) is 8.64. The number of nitrogens with zero attached hydrogens (tertiary/aromatic N) is 1. The second-order valence-corrected chi connectivity index (χ2v) is 6.61. The molecule has 0 aliphatic rings. The van der Waals surface area contributed by atoms with Gasteiger partial charge in [-0.05, 0) is 46.3 Å². The van der Waals surface area contributed by atoms with E-state index in [1.54, 1.807) is 6.92 Å². The number of hydrogen-bond donors (Lipinski definition) is 2. The van der Waals surface area contributed by atoms with Crippen molar-refractivity contribution in [1.82, 2.24) is 15.5 Å². The highest BCUT2D eigenvalue weighted by atomic mass is 16.2. The number of amides is 2. The average Bonchev–Trinajstić information content (AvgIpc) is 2.56. The van der Waals surface area contributed by atoms with Crippen LogP contribution in [0.25, 0.3) is 0 Å². The van der Waals surface area contributed by atoms with Gasteiger partial charge < -0.3 is 10.6 Å². The zero-order valence-electron chi connectivity index (χ0n) is 15.7. The van der Waals surface area contributed by atoms with Gasteiger partial charge in [-0.3, -0.25) is 14.5 Å². The monoisotopic (exact) mass is 333 g/mol. The van der Waals surface area contributed by atoms with Crippen LogP contribution in [0.4, 0.5) is 0 Å². The third-order valence-corrected chi connectivity index (χ3v) is 4.42. The molecule has 0 heterocycles. The van der Waals surface area contributed by atoms with Crippen molar-refractivity contribution in [2.24, 2.45) is 0 Å². The first-order chi connectivity index (χ1) is 11.2. The minimum absolute atomic E-state index is 0.126. The molecule has 0 bridgehead atoms. The van der Waals surface area contributed by atoms with Crippen LogP contribution in [0.3, 0.4) is 0 Å². The van der Waals surface area contributed by atoms with Crippen LogP contribution >= 0.6 is 0 Å². The van der Waals surface area contributed by atoms with E-state index >= 15 is 0 Å². The molecule has 5 heteroatoms. The quantitative estimate of drug-likeness (QED) is 0.767. The molecule has 24 heavy (non-hydrogen) atoms. The lowest BCUT2D eigenvalue weighted by atomic mass is 9.94. The topological polar surface area (TPSA) is 61.4 Å². The SMILES string of the molecule is CCN(CC)[C@@H](C)C(=O)N[C@@H](C)C(=O)NC(C)(C)c1ccccc1. The van der Waals surface area contributed by atoms with Crippen molar-refractivity contribution in [1.29, 1.82) is 0 Å². The summed E-state index contributed by atoms with van der Waals surface area (Å²) >= 11 is 0. The van der Waals surface area contributed by atoms with E-state index in [1.807, 2.05) is 69.9 Å². The summed E-state index contributed by atoms with van der Waals surface area (Å²) in [6.45, 7) is 13.1. The number of rotatable bonds is 8. The molecule has 5 nitrogen and oxygen atoms in total. The second-order valence-electron chi connectivity index (χ2n) is 6.61. The maximum Gasteiger partial charge on any atom is 0.242 e. The van der Waals surface area contributed by atoms with Gasteiger partial charge in [-0.25, -0.2) is 0 Å². The van der Waals surface area contributed by atoms with E-state index in [4.69, 9.17) is 0 Å². The molecular formula is C19H31N3O2. The number of hydrogen-bond acceptors (Lipinski definition) is 3. The Bertz CT molecular complexity index is 539. The zero-order chi connectivity index (χ0) is 18.3. The van der Waals surface area contributed by atoms with Gasteiger partial charge in [0, 0.05) is 0 Å². The van der Waals surface area contributed by atoms with Gasteiger partial charge in [0.1, 0.15) is 6.04 Å². The minimum Gasteiger partial charge on any atom is -0.345 e. The zero-order valence-corrected chi connectivity index (χ0v) is 15.7. The fourth-order valence-corrected chi connectivity index (χ4v) is 2.68. The lowest BCUT2D eigenvalue weighted by molar-refractivity contribution is -0.132. The van der Waals surface area contributed by atoms with Crippen molar-refractivity contribution in [3.8, 4) is 0 Å². The third-order valence-electron chi connectivity index (χ3n) is 4.42. The molecule has 2 atom stereocenters. The van der Waals surface area contributed by atoms with Crippen molar-refractivity contribution in [3.05, 3.63) is 35.9 Å². The Balaban J connectivity index is 2.66. The van der Waals surface area contributed by atoms with Crippen LogP contribution < -0.4 is 10.6 Å². The van der Waals surface area contributed by atoms with Gasteiger partial charge in [-0.1, -0.05) is 44.2 Å². The fourth-order valence-electron chi connectivity index (χ4n) is 2.68. The highest BCUT2D eigenvalue weighted by Crippen LogP contribution is 2.19. The molecule has 0 saturated carbocycles. The van der Waals surface area contributed by atoms with Gasteiger partial charge in [-0.15, -0.1) is 0 Å². The summed E-state index contributed by atoms with van der Waals surface area (Å²) in [6.07, 6.45) is 0. The predicted octanol–water partition coefficient (Wildman–Crippen LogP) is 2.27. The molecule has 0 saturated heterocycles. The molecule has 0 aliphatic carbocycles. The number of carbonyl (C=O) groups excluding carboxylic acids is 2. The summed E-state index contributed by atoms with van der Waals surface area (Å²) in [4.78, 5) is 26.8. The van der Waals surface area contributed by atoms with Gasteiger partial charge in [0.25, 0.3) is 0 Å². The Morgan fingerprint density at radius 1 is 1.04 bits per heavy atom. The lowest BCUT2D eigenvalue weighted by Crippen LogP contribution is -2.54. The van der Waals surface area contributed by atoms with E-state index in [9.17, 15) is 9.59 Å². The molecule has 0 fully saturated rings. The van der Waals surface area contributed by atoms with Crippen molar-refractivity contribution in [3.63, 3.8) is 0 Å². The number of nitrogens with one attached hydrogen (secondary N) is 2. The Hall–Kier alpha value is -1.88. The van der Waals surface area contributed by atoms with E-state index in [2.05, 4.69) is 10.6 Å². The van der Waals surface area contributed by atoms with E-state index < -0.39 is 11.6 Å². The molecule has 0 aliphatic heterocycles. The van der Waals surface area contributed by atoms with E-state index in [0.29, 0.717) is 0 Å². The summed E-state index contributed by atoms with van der Waals surface area (Å²) < 4.78 is 0. The molecule has 2 amide bonds. The van der Waals surface area contributed by atoms with Gasteiger partial charge in [-0.2, -0.15) is 0 Å². The van der Waals surface area contributed by atoms with Crippen LogP contribution in [0.2, 0.25) is 0 Å². The highest BCUT2D eigenvalue weighted by molar-refractivity contribution is 5.89. The maximum atomic E-state index is 12.5. The van der Waals surface area contributed by atoms with E-state index in [0.717, 1.165) is 18.7 Å². The van der Waals surface area contributed by atoms with Crippen molar-refractivity contribution >= 4 is 11.8 Å². The minimum atomic E-state index is -0.585. The van der Waals surface area contributed by atoms with Crippen LogP contribution in [-0.2, 0) is 15.1 Å². The van der Waals surface area contributed by atoms with Crippen LogP contribution in [0.1, 0.15) is 47.1 Å². The molecule has 0 aromatic heterocycles. The largest absolute Gasteiger partial charge is 0.345 e. The summed E-state index contributed by atoms with van der Waals surface area (Å²) in [7, 11) is 0. The fraction of sp³-hybridized carbons (Fsp3) is 0.579. The Morgan fingerprint density at radius 2 is 1.58 bits per heavy atom. The highest BCUT2D eigenvalue weighted by Gasteiger charge is 2.27. The smallest absolute Gasteiger partial charge is 0.242 e.